The number of benzene rings is 2. The van der Waals surface area contributed by atoms with Crippen molar-refractivity contribution < 1.29 is 17.9 Å². The molecule has 0 unspecified atom stereocenters. The Morgan fingerprint density at radius 3 is 2.33 bits per heavy atom. The van der Waals surface area contributed by atoms with Gasteiger partial charge < -0.3 is 10.1 Å². The molecule has 1 fully saturated rings. The lowest BCUT2D eigenvalue weighted by molar-refractivity contribution is 0.102. The number of halogens is 3. The zero-order valence-electron chi connectivity index (χ0n) is 16.2. The number of ether oxygens (including phenoxy) is 1. The number of nitrogens with one attached hydrogen (secondary N) is 2. The molecule has 0 radical (unpaired) electrons. The first kappa shape index (κ1) is 23.2. The Morgan fingerprint density at radius 2 is 1.67 bits per heavy atom. The van der Waals surface area contributed by atoms with E-state index < -0.39 is 15.9 Å². The minimum Gasteiger partial charge on any atom is -0.495 e. The topological polar surface area (TPSA) is 84.5 Å². The largest absolute Gasteiger partial charge is 0.495 e. The molecule has 0 atom stereocenters. The zero-order chi connectivity index (χ0) is 21.9. The van der Waals surface area contributed by atoms with Gasteiger partial charge in [0, 0.05) is 11.6 Å². The number of sulfonamides is 1. The Hall–Kier alpha value is -1.51. The van der Waals surface area contributed by atoms with Gasteiger partial charge in [0.05, 0.1) is 27.9 Å². The Balaban J connectivity index is 1.88. The van der Waals surface area contributed by atoms with Crippen LogP contribution in [0.2, 0.25) is 15.1 Å². The number of methoxy groups -OCH3 is 1. The first-order chi connectivity index (χ1) is 14.2. The lowest BCUT2D eigenvalue weighted by atomic mass is 9.96. The number of rotatable bonds is 6. The van der Waals surface area contributed by atoms with Crippen molar-refractivity contribution in [3.05, 3.63) is 51.0 Å². The average Bonchev–Trinajstić information content (AvgIpc) is 2.72. The summed E-state index contributed by atoms with van der Waals surface area (Å²) in [6.45, 7) is 0. The second kappa shape index (κ2) is 9.75. The fourth-order valence-corrected chi connectivity index (χ4v) is 5.44. The maximum absolute atomic E-state index is 13.0. The minimum absolute atomic E-state index is 0.0940. The van der Waals surface area contributed by atoms with Crippen molar-refractivity contribution in [2.75, 3.05) is 12.4 Å². The molecule has 1 saturated carbocycles. The third-order valence-electron chi connectivity index (χ3n) is 4.90. The van der Waals surface area contributed by atoms with E-state index >= 15 is 0 Å². The van der Waals surface area contributed by atoms with Crippen LogP contribution in [0.3, 0.4) is 0 Å². The van der Waals surface area contributed by atoms with E-state index in [-0.39, 0.29) is 43.0 Å². The zero-order valence-corrected chi connectivity index (χ0v) is 19.3. The molecular formula is C20H21Cl3N2O4S. The Labute approximate surface area is 190 Å². The van der Waals surface area contributed by atoms with Crippen LogP contribution in [0, 0.1) is 0 Å². The monoisotopic (exact) mass is 490 g/mol. The molecule has 2 aromatic rings. The van der Waals surface area contributed by atoms with Gasteiger partial charge in [0.25, 0.3) is 5.91 Å². The van der Waals surface area contributed by atoms with Crippen molar-refractivity contribution in [3.63, 3.8) is 0 Å². The number of carbonyl (C=O) groups is 1. The van der Waals surface area contributed by atoms with Crippen molar-refractivity contribution in [3.8, 4) is 5.75 Å². The molecular weight excluding hydrogens is 471 g/mol. The van der Waals surface area contributed by atoms with Gasteiger partial charge in [0.2, 0.25) is 10.0 Å². The van der Waals surface area contributed by atoms with E-state index in [2.05, 4.69) is 10.0 Å². The summed E-state index contributed by atoms with van der Waals surface area (Å²) in [6.07, 6.45) is 4.65. The van der Waals surface area contributed by atoms with Gasteiger partial charge in [-0.05, 0) is 43.2 Å². The maximum Gasteiger partial charge on any atom is 0.255 e. The molecule has 0 saturated heterocycles. The second-order valence-electron chi connectivity index (χ2n) is 7.02. The van der Waals surface area contributed by atoms with E-state index in [0.717, 1.165) is 32.1 Å². The number of carbonyl (C=O) groups excluding carboxylic acids is 1. The predicted octanol–water partition coefficient (Wildman–Crippen LogP) is 5.52. The summed E-state index contributed by atoms with van der Waals surface area (Å²) < 4.78 is 33.9. The highest BCUT2D eigenvalue weighted by atomic mass is 35.5. The van der Waals surface area contributed by atoms with Crippen LogP contribution >= 0.6 is 34.8 Å². The van der Waals surface area contributed by atoms with E-state index in [1.54, 1.807) is 0 Å². The molecule has 162 valence electrons. The normalized spacial score (nSPS) is 15.1. The van der Waals surface area contributed by atoms with Crippen LogP contribution in [0.4, 0.5) is 5.69 Å². The number of hydrogen-bond acceptors (Lipinski definition) is 4. The van der Waals surface area contributed by atoms with E-state index in [0.29, 0.717) is 0 Å². The van der Waals surface area contributed by atoms with Crippen LogP contribution in [-0.4, -0.2) is 27.5 Å². The summed E-state index contributed by atoms with van der Waals surface area (Å²) >= 11 is 18.0. The summed E-state index contributed by atoms with van der Waals surface area (Å²) in [6, 6.07) is 6.92. The van der Waals surface area contributed by atoms with Crippen molar-refractivity contribution >= 4 is 56.4 Å². The molecule has 2 N–H and O–H groups in total. The highest BCUT2D eigenvalue weighted by Crippen LogP contribution is 2.33. The molecule has 1 amide bonds. The third kappa shape index (κ3) is 5.39. The molecule has 0 aromatic heterocycles. The summed E-state index contributed by atoms with van der Waals surface area (Å²) in [4.78, 5) is 12.6. The van der Waals surface area contributed by atoms with Crippen LogP contribution in [0.5, 0.6) is 5.75 Å². The predicted molar refractivity (Wildman–Crippen MR) is 120 cm³/mol. The van der Waals surface area contributed by atoms with Gasteiger partial charge in [-0.1, -0.05) is 54.1 Å². The van der Waals surface area contributed by atoms with Crippen LogP contribution in [0.1, 0.15) is 42.5 Å². The van der Waals surface area contributed by atoms with Gasteiger partial charge in [-0.2, -0.15) is 0 Å². The van der Waals surface area contributed by atoms with Crippen molar-refractivity contribution in [2.45, 2.75) is 43.0 Å². The summed E-state index contributed by atoms with van der Waals surface area (Å²) in [5.74, 6) is -0.394. The van der Waals surface area contributed by atoms with Crippen LogP contribution in [0.25, 0.3) is 0 Å². The summed E-state index contributed by atoms with van der Waals surface area (Å²) in [5.41, 5.74) is 0.388. The Bertz CT molecular complexity index is 1050. The van der Waals surface area contributed by atoms with E-state index in [4.69, 9.17) is 39.5 Å². The molecule has 2 aromatic carbocycles. The summed E-state index contributed by atoms with van der Waals surface area (Å²) in [5, 5.41) is 3.31. The van der Waals surface area contributed by atoms with Crippen LogP contribution < -0.4 is 14.8 Å². The van der Waals surface area contributed by atoms with E-state index in [1.165, 1.54) is 37.4 Å². The fraction of sp³-hybridized carbons (Fsp3) is 0.350. The highest BCUT2D eigenvalue weighted by Gasteiger charge is 2.26. The second-order valence-corrected chi connectivity index (χ2v) is 9.93. The van der Waals surface area contributed by atoms with Crippen molar-refractivity contribution in [1.82, 2.24) is 4.72 Å². The smallest absolute Gasteiger partial charge is 0.255 e. The number of hydrogen-bond donors (Lipinski definition) is 2. The number of amides is 1. The van der Waals surface area contributed by atoms with Gasteiger partial charge in [0.15, 0.2) is 0 Å². The molecule has 0 bridgehead atoms. The van der Waals surface area contributed by atoms with Crippen LogP contribution in [-0.2, 0) is 10.0 Å². The molecule has 30 heavy (non-hydrogen) atoms. The number of anilines is 1. The molecule has 3 rings (SSSR count). The minimum atomic E-state index is -3.87. The maximum atomic E-state index is 13.0. The average molecular weight is 492 g/mol. The first-order valence-electron chi connectivity index (χ1n) is 9.37. The molecule has 10 heteroatoms. The third-order valence-corrected chi connectivity index (χ3v) is 7.48. The molecule has 6 nitrogen and oxygen atoms in total. The molecule has 1 aliphatic rings. The van der Waals surface area contributed by atoms with Gasteiger partial charge in [0.1, 0.15) is 10.6 Å². The standard InChI is InChI=1S/C20H21Cl3N2O4S/c1-29-18-8-7-12(20(26)24-17-11-15(22)14(21)10-16(17)23)9-19(18)30(27,28)25-13-5-3-2-4-6-13/h7-11,13,25H,2-6H2,1H3,(H,24,26). The SMILES string of the molecule is COc1ccc(C(=O)Nc2cc(Cl)c(Cl)cc2Cl)cc1S(=O)(=O)NC1CCCCC1. The van der Waals surface area contributed by atoms with E-state index in [1.807, 2.05) is 0 Å². The van der Waals surface area contributed by atoms with Gasteiger partial charge >= 0.3 is 0 Å². The molecule has 0 spiro atoms. The molecule has 0 aliphatic heterocycles. The molecule has 0 heterocycles. The Kier molecular flexibility index (Phi) is 7.52. The lowest BCUT2D eigenvalue weighted by Gasteiger charge is -2.23. The fourth-order valence-electron chi connectivity index (χ4n) is 3.34. The lowest BCUT2D eigenvalue weighted by Crippen LogP contribution is -2.36. The quantitative estimate of drug-likeness (QED) is 0.521. The molecule has 1 aliphatic carbocycles. The highest BCUT2D eigenvalue weighted by molar-refractivity contribution is 7.89. The van der Waals surface area contributed by atoms with Gasteiger partial charge in [-0.15, -0.1) is 0 Å². The Morgan fingerprint density at radius 1 is 1.00 bits per heavy atom. The summed E-state index contributed by atoms with van der Waals surface area (Å²) in [7, 11) is -2.49. The van der Waals surface area contributed by atoms with E-state index in [9.17, 15) is 13.2 Å². The van der Waals surface area contributed by atoms with Crippen molar-refractivity contribution in [2.24, 2.45) is 0 Å². The van der Waals surface area contributed by atoms with Crippen LogP contribution in [0.15, 0.2) is 35.2 Å². The van der Waals surface area contributed by atoms with Crippen molar-refractivity contribution in [1.29, 1.82) is 0 Å². The first-order valence-corrected chi connectivity index (χ1v) is 12.0. The van der Waals surface area contributed by atoms with Gasteiger partial charge in [-0.3, -0.25) is 4.79 Å². The van der Waals surface area contributed by atoms with Gasteiger partial charge in [-0.25, -0.2) is 13.1 Å².